The molecule has 1 heterocycles. The van der Waals surface area contributed by atoms with E-state index in [-0.39, 0.29) is 16.7 Å². The number of nitrogens with zero attached hydrogens (tertiary/aromatic N) is 1. The molecule has 0 radical (unpaired) electrons. The van der Waals surface area contributed by atoms with E-state index in [9.17, 15) is 4.79 Å². The van der Waals surface area contributed by atoms with Gasteiger partial charge in [0.1, 0.15) is 6.10 Å². The number of ether oxygens (including phenoxy) is 2. The summed E-state index contributed by atoms with van der Waals surface area (Å²) in [5.74, 6) is 0.152. The second-order valence-electron chi connectivity index (χ2n) is 6.24. The molecular weight excluding hydrogens is 298 g/mol. The fourth-order valence-corrected chi connectivity index (χ4v) is 4.15. The summed E-state index contributed by atoms with van der Waals surface area (Å²) in [6, 6.07) is 0. The van der Waals surface area contributed by atoms with E-state index in [0.29, 0.717) is 16.0 Å². The van der Waals surface area contributed by atoms with Gasteiger partial charge < -0.3 is 9.47 Å². The number of aromatic nitrogens is 1. The van der Waals surface area contributed by atoms with E-state index in [1.165, 1.54) is 13.5 Å². The van der Waals surface area contributed by atoms with Crippen LogP contribution in [0.5, 0.6) is 5.19 Å². The Labute approximate surface area is 128 Å². The van der Waals surface area contributed by atoms with Gasteiger partial charge in [-0.1, -0.05) is 43.7 Å². The van der Waals surface area contributed by atoms with Crippen LogP contribution in [0.3, 0.4) is 0 Å². The van der Waals surface area contributed by atoms with E-state index in [0.717, 1.165) is 24.2 Å². The van der Waals surface area contributed by atoms with Crippen LogP contribution in [0.25, 0.3) is 0 Å². The predicted octanol–water partition coefficient (Wildman–Crippen LogP) is 4.18. The molecule has 1 aliphatic rings. The summed E-state index contributed by atoms with van der Waals surface area (Å²) in [4.78, 5) is 15.9. The summed E-state index contributed by atoms with van der Waals surface area (Å²) in [7, 11) is 1.32. The molecule has 112 valence electrons. The molecule has 2 rings (SSSR count). The molecule has 6 heteroatoms. The molecule has 0 spiro atoms. The highest BCUT2D eigenvalue weighted by Gasteiger charge is 2.34. The fourth-order valence-electron chi connectivity index (χ4n) is 3.04. The molecule has 1 aliphatic carbocycles. The second kappa shape index (κ2) is 5.90. The van der Waals surface area contributed by atoms with Crippen molar-refractivity contribution in [2.24, 2.45) is 11.3 Å². The minimum absolute atomic E-state index is 0.126. The maximum absolute atomic E-state index is 11.5. The highest BCUT2D eigenvalue weighted by molar-refractivity contribution is 7.15. The zero-order chi connectivity index (χ0) is 14.9. The molecule has 0 bridgehead atoms. The Hall–Kier alpha value is -0.810. The van der Waals surface area contributed by atoms with Crippen LogP contribution in [0.2, 0.25) is 5.15 Å². The van der Waals surface area contributed by atoms with Crippen LogP contribution in [0.1, 0.15) is 49.7 Å². The summed E-state index contributed by atoms with van der Waals surface area (Å²) in [6.45, 7) is 6.76. The molecule has 1 saturated carbocycles. The predicted molar refractivity (Wildman–Crippen MR) is 79.7 cm³/mol. The van der Waals surface area contributed by atoms with Crippen LogP contribution < -0.4 is 4.74 Å². The first-order valence-corrected chi connectivity index (χ1v) is 7.91. The van der Waals surface area contributed by atoms with Gasteiger partial charge in [-0.25, -0.2) is 4.79 Å². The Balaban J connectivity index is 2.08. The van der Waals surface area contributed by atoms with Gasteiger partial charge in [0, 0.05) is 0 Å². The third-order valence-electron chi connectivity index (χ3n) is 3.55. The Morgan fingerprint density at radius 2 is 2.15 bits per heavy atom. The largest absolute Gasteiger partial charge is 0.467 e. The average Bonchev–Trinajstić information content (AvgIpc) is 2.66. The van der Waals surface area contributed by atoms with Gasteiger partial charge in [0.05, 0.1) is 7.11 Å². The first-order valence-electron chi connectivity index (χ1n) is 6.72. The lowest BCUT2D eigenvalue weighted by Crippen LogP contribution is -2.34. The third-order valence-corrected chi connectivity index (χ3v) is 4.86. The minimum atomic E-state index is -0.473. The van der Waals surface area contributed by atoms with Crippen molar-refractivity contribution >= 4 is 28.9 Å². The fraction of sp³-hybridized carbons (Fsp3) is 0.714. The lowest BCUT2D eigenvalue weighted by atomic mass is 9.71. The van der Waals surface area contributed by atoms with Crippen molar-refractivity contribution in [3.63, 3.8) is 0 Å². The second-order valence-corrected chi connectivity index (χ2v) is 7.56. The van der Waals surface area contributed by atoms with Crippen molar-refractivity contribution < 1.29 is 14.3 Å². The molecule has 20 heavy (non-hydrogen) atoms. The Kier molecular flexibility index (Phi) is 4.59. The maximum Gasteiger partial charge on any atom is 0.351 e. The monoisotopic (exact) mass is 317 g/mol. The van der Waals surface area contributed by atoms with E-state index in [4.69, 9.17) is 16.3 Å². The summed E-state index contributed by atoms with van der Waals surface area (Å²) >= 11 is 7.09. The minimum Gasteiger partial charge on any atom is -0.467 e. The molecule has 2 atom stereocenters. The van der Waals surface area contributed by atoms with Gasteiger partial charge in [0.25, 0.3) is 5.19 Å². The van der Waals surface area contributed by atoms with Crippen LogP contribution in [0, 0.1) is 11.3 Å². The van der Waals surface area contributed by atoms with Gasteiger partial charge in [-0.2, -0.15) is 4.98 Å². The summed E-state index contributed by atoms with van der Waals surface area (Å²) in [6.07, 6.45) is 3.33. The van der Waals surface area contributed by atoms with Crippen molar-refractivity contribution in [1.82, 2.24) is 4.98 Å². The zero-order valence-corrected chi connectivity index (χ0v) is 13.8. The van der Waals surface area contributed by atoms with Crippen molar-refractivity contribution in [2.45, 2.75) is 46.1 Å². The highest BCUT2D eigenvalue weighted by atomic mass is 35.5. The van der Waals surface area contributed by atoms with Crippen LogP contribution in [0.4, 0.5) is 0 Å². The number of hydrogen-bond acceptors (Lipinski definition) is 5. The molecule has 0 amide bonds. The smallest absolute Gasteiger partial charge is 0.351 e. The topological polar surface area (TPSA) is 48.4 Å². The molecule has 0 saturated heterocycles. The number of methoxy groups -OCH3 is 1. The quantitative estimate of drug-likeness (QED) is 0.785. The van der Waals surface area contributed by atoms with Crippen molar-refractivity contribution in [1.29, 1.82) is 0 Å². The lowest BCUT2D eigenvalue weighted by Gasteiger charge is -2.38. The molecule has 4 nitrogen and oxygen atoms in total. The van der Waals surface area contributed by atoms with Crippen LogP contribution in [0.15, 0.2) is 0 Å². The van der Waals surface area contributed by atoms with E-state index in [2.05, 4.69) is 30.5 Å². The molecule has 0 N–H and O–H groups in total. The third kappa shape index (κ3) is 3.64. The molecule has 1 fully saturated rings. The van der Waals surface area contributed by atoms with E-state index in [1.807, 2.05) is 0 Å². The molecule has 1 aromatic rings. The SMILES string of the molecule is COC(=O)c1sc(OC2CC(C)CC(C)(C)C2)nc1Cl. The van der Waals surface area contributed by atoms with Crippen molar-refractivity contribution in [2.75, 3.05) is 7.11 Å². The van der Waals surface area contributed by atoms with E-state index < -0.39 is 5.97 Å². The molecule has 0 aliphatic heterocycles. The van der Waals surface area contributed by atoms with Crippen LogP contribution >= 0.6 is 22.9 Å². The number of halogens is 1. The highest BCUT2D eigenvalue weighted by Crippen LogP contribution is 2.41. The number of carbonyl (C=O) groups excluding carboxylic acids is 1. The lowest BCUT2D eigenvalue weighted by molar-refractivity contribution is 0.0559. The molecular formula is C14H20ClNO3S. The van der Waals surface area contributed by atoms with Gasteiger partial charge >= 0.3 is 5.97 Å². The van der Waals surface area contributed by atoms with E-state index in [1.54, 1.807) is 0 Å². The van der Waals surface area contributed by atoms with Gasteiger partial charge in [0.2, 0.25) is 0 Å². The van der Waals surface area contributed by atoms with Crippen molar-refractivity contribution in [3.05, 3.63) is 10.0 Å². The normalized spacial score (nSPS) is 25.2. The van der Waals surface area contributed by atoms with Gasteiger partial charge in [-0.3, -0.25) is 0 Å². The van der Waals surface area contributed by atoms with Crippen LogP contribution in [-0.4, -0.2) is 24.2 Å². The summed E-state index contributed by atoms with van der Waals surface area (Å²) < 4.78 is 10.6. The Morgan fingerprint density at radius 3 is 2.75 bits per heavy atom. The molecule has 1 aromatic heterocycles. The first-order chi connectivity index (χ1) is 9.30. The molecule has 2 unspecified atom stereocenters. The number of rotatable bonds is 3. The average molecular weight is 318 g/mol. The standard InChI is InChI=1S/C14H20ClNO3S/c1-8-5-9(7-14(2,3)6-8)19-13-16-11(15)10(20-13)12(17)18-4/h8-9H,5-7H2,1-4H3. The van der Waals surface area contributed by atoms with Gasteiger partial charge in [0.15, 0.2) is 10.0 Å². The summed E-state index contributed by atoms with van der Waals surface area (Å²) in [5, 5.41) is 0.602. The number of esters is 1. The maximum atomic E-state index is 11.5. The number of hydrogen-bond donors (Lipinski definition) is 0. The Bertz CT molecular complexity index is 501. The van der Waals surface area contributed by atoms with Crippen molar-refractivity contribution in [3.8, 4) is 5.19 Å². The number of thiazole rings is 1. The van der Waals surface area contributed by atoms with Gasteiger partial charge in [-0.15, -0.1) is 0 Å². The van der Waals surface area contributed by atoms with Crippen LogP contribution in [-0.2, 0) is 4.74 Å². The summed E-state index contributed by atoms with van der Waals surface area (Å²) in [5.41, 5.74) is 0.272. The molecule has 0 aromatic carbocycles. The first kappa shape index (κ1) is 15.6. The zero-order valence-electron chi connectivity index (χ0n) is 12.2. The Morgan fingerprint density at radius 1 is 1.45 bits per heavy atom. The number of carbonyl (C=O) groups is 1. The van der Waals surface area contributed by atoms with Gasteiger partial charge in [-0.05, 0) is 30.6 Å². The van der Waals surface area contributed by atoms with E-state index >= 15 is 0 Å².